The molecule has 4 rings (SSSR count). The number of benzene rings is 3. The highest BCUT2D eigenvalue weighted by Crippen LogP contribution is 2.40. The van der Waals surface area contributed by atoms with Gasteiger partial charge in [0, 0.05) is 10.6 Å². The first-order chi connectivity index (χ1) is 16.9. The van der Waals surface area contributed by atoms with Crippen molar-refractivity contribution in [3.05, 3.63) is 97.6 Å². The van der Waals surface area contributed by atoms with Crippen LogP contribution in [0.3, 0.4) is 0 Å². The van der Waals surface area contributed by atoms with Gasteiger partial charge in [0.25, 0.3) is 11.1 Å². The van der Waals surface area contributed by atoms with Crippen molar-refractivity contribution in [2.75, 3.05) is 6.61 Å². The predicted octanol–water partition coefficient (Wildman–Crippen LogP) is 7.46. The number of hydrogen-bond acceptors (Lipinski definition) is 5. The van der Waals surface area contributed by atoms with Crippen molar-refractivity contribution in [3.8, 4) is 11.5 Å². The summed E-state index contributed by atoms with van der Waals surface area (Å²) >= 11 is 10.3. The van der Waals surface area contributed by atoms with Gasteiger partial charge in [0.2, 0.25) is 0 Å². The highest BCUT2D eigenvalue weighted by Gasteiger charge is 2.35. The van der Waals surface area contributed by atoms with E-state index < -0.39 is 17.0 Å². The number of thioether (sulfide) groups is 1. The van der Waals surface area contributed by atoms with E-state index in [-0.39, 0.29) is 17.0 Å². The summed E-state index contributed by atoms with van der Waals surface area (Å²) in [5.74, 6) is 0.0784. The summed E-state index contributed by atoms with van der Waals surface area (Å²) in [6.07, 6.45) is 1.61. The third-order valence-corrected chi connectivity index (χ3v) is 6.83. The Morgan fingerprint density at radius 3 is 2.54 bits per heavy atom. The minimum Gasteiger partial charge on any atom is -0.490 e. The quantitative estimate of drug-likeness (QED) is 0.261. The zero-order chi connectivity index (χ0) is 24.9. The maximum atomic E-state index is 14.0. The van der Waals surface area contributed by atoms with Crippen LogP contribution < -0.4 is 9.47 Å². The van der Waals surface area contributed by atoms with Gasteiger partial charge in [-0.25, -0.2) is 4.39 Å². The van der Waals surface area contributed by atoms with Crippen LogP contribution in [0.15, 0.2) is 70.0 Å². The first kappa shape index (κ1) is 25.3. The first-order valence-electron chi connectivity index (χ1n) is 10.7. The SMILES string of the molecule is CCOc1cc(/C=C2/SC(=O)N(Cc3ccccc3F)C2=O)cc(Br)c1OCc1ccc(Cl)cc1. The molecule has 1 aliphatic rings. The number of nitrogens with zero attached hydrogens (tertiary/aromatic N) is 1. The average molecular weight is 577 g/mol. The molecular formula is C26H20BrClFNO4S. The fourth-order valence-electron chi connectivity index (χ4n) is 3.40. The van der Waals surface area contributed by atoms with Crippen LogP contribution in [-0.2, 0) is 17.9 Å². The molecule has 0 N–H and O–H groups in total. The molecule has 3 aromatic rings. The van der Waals surface area contributed by atoms with Crippen LogP contribution in [0.5, 0.6) is 11.5 Å². The molecule has 1 heterocycles. The first-order valence-corrected chi connectivity index (χ1v) is 12.7. The molecule has 9 heteroatoms. The molecule has 0 aromatic heterocycles. The fraction of sp³-hybridized carbons (Fsp3) is 0.154. The van der Waals surface area contributed by atoms with E-state index in [1.165, 1.54) is 6.07 Å². The van der Waals surface area contributed by atoms with Gasteiger partial charge in [-0.2, -0.15) is 0 Å². The van der Waals surface area contributed by atoms with Crippen LogP contribution in [0, 0.1) is 5.82 Å². The normalized spacial score (nSPS) is 14.6. The van der Waals surface area contributed by atoms with E-state index in [2.05, 4.69) is 15.9 Å². The zero-order valence-corrected chi connectivity index (χ0v) is 21.8. The zero-order valence-electron chi connectivity index (χ0n) is 18.6. The maximum Gasteiger partial charge on any atom is 0.293 e. The third-order valence-electron chi connectivity index (χ3n) is 5.09. The second-order valence-electron chi connectivity index (χ2n) is 7.54. The number of imide groups is 1. The molecule has 5 nitrogen and oxygen atoms in total. The van der Waals surface area contributed by atoms with Crippen LogP contribution in [-0.4, -0.2) is 22.7 Å². The Kier molecular flexibility index (Phi) is 8.15. The van der Waals surface area contributed by atoms with Crippen molar-refractivity contribution in [3.63, 3.8) is 0 Å². The Morgan fingerprint density at radius 1 is 1.09 bits per heavy atom. The summed E-state index contributed by atoms with van der Waals surface area (Å²) in [6.45, 7) is 2.45. The molecule has 2 amide bonds. The van der Waals surface area contributed by atoms with E-state index in [9.17, 15) is 14.0 Å². The van der Waals surface area contributed by atoms with Crippen molar-refractivity contribution in [2.45, 2.75) is 20.1 Å². The number of rotatable bonds is 8. The Bertz CT molecular complexity index is 1300. The van der Waals surface area contributed by atoms with Gasteiger partial charge in [0.05, 0.1) is 22.5 Å². The molecule has 1 aliphatic heterocycles. The van der Waals surface area contributed by atoms with Crippen molar-refractivity contribution < 1.29 is 23.5 Å². The highest BCUT2D eigenvalue weighted by molar-refractivity contribution is 9.10. The fourth-order valence-corrected chi connectivity index (χ4v) is 4.93. The van der Waals surface area contributed by atoms with Gasteiger partial charge in [-0.05, 0) is 82.2 Å². The minimum atomic E-state index is -0.472. The molecule has 0 bridgehead atoms. The summed E-state index contributed by atoms with van der Waals surface area (Å²) in [5.41, 5.74) is 1.87. The number of amides is 2. The summed E-state index contributed by atoms with van der Waals surface area (Å²) in [7, 11) is 0. The van der Waals surface area contributed by atoms with Gasteiger partial charge in [-0.1, -0.05) is 41.9 Å². The van der Waals surface area contributed by atoms with Crippen LogP contribution in [0.2, 0.25) is 5.02 Å². The van der Waals surface area contributed by atoms with Crippen molar-refractivity contribution in [1.82, 2.24) is 4.90 Å². The second-order valence-corrected chi connectivity index (χ2v) is 9.82. The Balaban J connectivity index is 1.55. The van der Waals surface area contributed by atoms with E-state index in [0.717, 1.165) is 22.2 Å². The van der Waals surface area contributed by atoms with Crippen LogP contribution in [0.25, 0.3) is 6.08 Å². The van der Waals surface area contributed by atoms with Crippen molar-refractivity contribution in [1.29, 1.82) is 0 Å². The largest absolute Gasteiger partial charge is 0.490 e. The molecule has 3 aromatic carbocycles. The predicted molar refractivity (Wildman–Crippen MR) is 139 cm³/mol. The number of carbonyl (C=O) groups excluding carboxylic acids is 2. The molecule has 1 fully saturated rings. The molecule has 180 valence electrons. The monoisotopic (exact) mass is 575 g/mol. The number of halogens is 3. The van der Waals surface area contributed by atoms with Gasteiger partial charge >= 0.3 is 0 Å². The lowest BCUT2D eigenvalue weighted by atomic mass is 10.1. The maximum absolute atomic E-state index is 14.0. The van der Waals surface area contributed by atoms with Crippen LogP contribution >= 0.6 is 39.3 Å². The molecule has 0 saturated carbocycles. The summed E-state index contributed by atoms with van der Waals surface area (Å²) in [4.78, 5) is 26.7. The van der Waals surface area contributed by atoms with E-state index >= 15 is 0 Å². The molecule has 0 unspecified atom stereocenters. The number of hydrogen-bond donors (Lipinski definition) is 0. The van der Waals surface area contributed by atoms with E-state index in [1.807, 2.05) is 19.1 Å². The molecule has 1 saturated heterocycles. The van der Waals surface area contributed by atoms with Gasteiger partial charge in [0.15, 0.2) is 11.5 Å². The topological polar surface area (TPSA) is 55.8 Å². The minimum absolute atomic E-state index is 0.125. The van der Waals surface area contributed by atoms with E-state index in [1.54, 1.807) is 48.5 Å². The molecule has 0 atom stereocenters. The van der Waals surface area contributed by atoms with Crippen LogP contribution in [0.4, 0.5) is 9.18 Å². The van der Waals surface area contributed by atoms with Gasteiger partial charge in [0.1, 0.15) is 12.4 Å². The third kappa shape index (κ3) is 6.07. The lowest BCUT2D eigenvalue weighted by Gasteiger charge is -2.15. The van der Waals surface area contributed by atoms with Crippen molar-refractivity contribution in [2.24, 2.45) is 0 Å². The van der Waals surface area contributed by atoms with Crippen LogP contribution in [0.1, 0.15) is 23.6 Å². The second kappa shape index (κ2) is 11.3. The molecule has 0 spiro atoms. The van der Waals surface area contributed by atoms with Gasteiger partial charge in [-0.15, -0.1) is 0 Å². The lowest BCUT2D eigenvalue weighted by molar-refractivity contribution is -0.123. The Labute approximate surface area is 220 Å². The number of carbonyl (C=O) groups is 2. The van der Waals surface area contributed by atoms with E-state index in [0.29, 0.717) is 39.8 Å². The highest BCUT2D eigenvalue weighted by atomic mass is 79.9. The standard InChI is InChI=1S/C26H20BrClFNO4S/c1-2-33-22-12-17(11-20(27)24(22)34-15-16-7-9-19(28)10-8-16)13-23-25(31)30(26(32)35-23)14-18-5-3-4-6-21(18)29/h3-13H,2,14-15H2,1H3/b23-13+. The van der Waals surface area contributed by atoms with Gasteiger partial charge < -0.3 is 9.47 Å². The molecule has 0 aliphatic carbocycles. The molecule has 0 radical (unpaired) electrons. The smallest absolute Gasteiger partial charge is 0.293 e. The Morgan fingerprint density at radius 2 is 1.83 bits per heavy atom. The Hall–Kier alpha value is -2.81. The molecule has 35 heavy (non-hydrogen) atoms. The molecular weight excluding hydrogens is 557 g/mol. The lowest BCUT2D eigenvalue weighted by Crippen LogP contribution is -2.27. The van der Waals surface area contributed by atoms with Gasteiger partial charge in [-0.3, -0.25) is 14.5 Å². The average Bonchev–Trinajstić information content (AvgIpc) is 3.08. The summed E-state index contributed by atoms with van der Waals surface area (Å²) in [5, 5.41) is 0.198. The van der Waals surface area contributed by atoms with E-state index in [4.69, 9.17) is 21.1 Å². The summed E-state index contributed by atoms with van der Waals surface area (Å²) < 4.78 is 26.4. The number of ether oxygens (including phenoxy) is 2. The summed E-state index contributed by atoms with van der Waals surface area (Å²) in [6, 6.07) is 16.9. The van der Waals surface area contributed by atoms with Crippen molar-refractivity contribution >= 4 is 56.5 Å².